The molecule has 0 amide bonds. The molecule has 0 aliphatic heterocycles. The average Bonchev–Trinajstić information content (AvgIpc) is 2.81. The van der Waals surface area contributed by atoms with Crippen molar-refractivity contribution in [2.75, 3.05) is 0 Å². The Morgan fingerprint density at radius 3 is 2.50 bits per heavy atom. The van der Waals surface area contributed by atoms with E-state index >= 15 is 0 Å². The highest BCUT2D eigenvalue weighted by Gasteiger charge is 2.21. The first kappa shape index (κ1) is 13.0. The van der Waals surface area contributed by atoms with Crippen molar-refractivity contribution < 1.29 is 13.6 Å². The van der Waals surface area contributed by atoms with Crippen molar-refractivity contribution in [3.8, 4) is 0 Å². The first-order valence-electron chi connectivity index (χ1n) is 5.83. The zero-order valence-electron chi connectivity index (χ0n) is 10.1. The minimum Gasteiger partial charge on any atom is -0.360 e. The van der Waals surface area contributed by atoms with Crippen molar-refractivity contribution in [1.82, 2.24) is 4.98 Å². The lowest BCUT2D eigenvalue weighted by atomic mass is 10.0. The molecule has 2 nitrogen and oxygen atoms in total. The maximum atomic E-state index is 13.7. The molecule has 2 aromatic carbocycles. The summed E-state index contributed by atoms with van der Waals surface area (Å²) >= 11 is 3.31. The number of halogens is 3. The highest BCUT2D eigenvalue weighted by molar-refractivity contribution is 9.10. The molecule has 0 aliphatic carbocycles. The van der Waals surface area contributed by atoms with E-state index in [0.29, 0.717) is 5.39 Å². The zero-order valence-corrected chi connectivity index (χ0v) is 11.7. The molecule has 0 radical (unpaired) electrons. The number of rotatable bonds is 2. The van der Waals surface area contributed by atoms with Crippen molar-refractivity contribution in [3.63, 3.8) is 0 Å². The van der Waals surface area contributed by atoms with E-state index in [9.17, 15) is 13.6 Å². The van der Waals surface area contributed by atoms with Crippen molar-refractivity contribution in [1.29, 1.82) is 0 Å². The van der Waals surface area contributed by atoms with Gasteiger partial charge in [0.05, 0.1) is 5.56 Å². The standard InChI is InChI=1S/C15H8BrF2NO/c16-8-4-5-13-9(6-8)10(7-19-13)15(20)14-11(17)2-1-3-12(14)18/h1-7,19H. The molecule has 100 valence electrons. The highest BCUT2D eigenvalue weighted by atomic mass is 79.9. The molecule has 1 N–H and O–H groups in total. The molecule has 0 saturated carbocycles. The van der Waals surface area contributed by atoms with E-state index in [-0.39, 0.29) is 5.56 Å². The molecule has 1 heterocycles. The van der Waals surface area contributed by atoms with E-state index in [0.717, 1.165) is 22.1 Å². The second-order valence-corrected chi connectivity index (χ2v) is 5.23. The second kappa shape index (κ2) is 4.83. The van der Waals surface area contributed by atoms with Gasteiger partial charge < -0.3 is 4.98 Å². The summed E-state index contributed by atoms with van der Waals surface area (Å²) in [4.78, 5) is 15.3. The summed E-state index contributed by atoms with van der Waals surface area (Å²) in [6.45, 7) is 0. The Bertz CT molecular complexity index is 806. The van der Waals surface area contributed by atoms with Crippen LogP contribution in [0.3, 0.4) is 0 Å². The lowest BCUT2D eigenvalue weighted by Gasteiger charge is -2.03. The van der Waals surface area contributed by atoms with Gasteiger partial charge in [-0.25, -0.2) is 8.78 Å². The van der Waals surface area contributed by atoms with Crippen LogP contribution in [-0.4, -0.2) is 10.8 Å². The molecule has 0 bridgehead atoms. The molecule has 3 rings (SSSR count). The molecule has 20 heavy (non-hydrogen) atoms. The van der Waals surface area contributed by atoms with E-state index in [1.165, 1.54) is 12.3 Å². The number of nitrogens with one attached hydrogen (secondary N) is 1. The van der Waals surface area contributed by atoms with Gasteiger partial charge in [0.25, 0.3) is 0 Å². The van der Waals surface area contributed by atoms with Gasteiger partial charge in [-0.2, -0.15) is 0 Å². The van der Waals surface area contributed by atoms with Crippen LogP contribution in [0.15, 0.2) is 47.1 Å². The SMILES string of the molecule is O=C(c1c(F)cccc1F)c1c[nH]c2ccc(Br)cc12. The Morgan fingerprint density at radius 2 is 1.80 bits per heavy atom. The minimum absolute atomic E-state index is 0.241. The molecule has 0 unspecified atom stereocenters. The fourth-order valence-electron chi connectivity index (χ4n) is 2.13. The molecule has 5 heteroatoms. The van der Waals surface area contributed by atoms with Gasteiger partial charge in [-0.1, -0.05) is 22.0 Å². The molecule has 0 spiro atoms. The summed E-state index contributed by atoms with van der Waals surface area (Å²) in [6.07, 6.45) is 1.46. The summed E-state index contributed by atoms with van der Waals surface area (Å²) in [5, 5.41) is 0.618. The van der Waals surface area contributed by atoms with Crippen molar-refractivity contribution in [2.45, 2.75) is 0 Å². The molecular formula is C15H8BrF2NO. The molecule has 0 fully saturated rings. The third-order valence-corrected chi connectivity index (χ3v) is 3.57. The first-order valence-corrected chi connectivity index (χ1v) is 6.62. The zero-order chi connectivity index (χ0) is 14.3. The van der Waals surface area contributed by atoms with E-state index in [1.807, 2.05) is 6.07 Å². The second-order valence-electron chi connectivity index (χ2n) is 4.32. The first-order chi connectivity index (χ1) is 9.58. The Balaban J connectivity index is 2.21. The number of hydrogen-bond donors (Lipinski definition) is 1. The van der Waals surface area contributed by atoms with Crippen LogP contribution in [0.2, 0.25) is 0 Å². The number of fused-ring (bicyclic) bond motifs is 1. The normalized spacial score (nSPS) is 10.9. The maximum absolute atomic E-state index is 13.7. The van der Waals surface area contributed by atoms with Gasteiger partial charge in [0, 0.05) is 27.1 Å². The Hall–Kier alpha value is -2.01. The monoisotopic (exact) mass is 335 g/mol. The van der Waals surface area contributed by atoms with E-state index in [2.05, 4.69) is 20.9 Å². The van der Waals surface area contributed by atoms with Gasteiger partial charge in [-0.05, 0) is 30.3 Å². The van der Waals surface area contributed by atoms with Crippen molar-refractivity contribution in [2.24, 2.45) is 0 Å². The van der Waals surface area contributed by atoms with Crippen LogP contribution < -0.4 is 0 Å². The molecule has 3 aromatic rings. The predicted octanol–water partition coefficient (Wildman–Crippen LogP) is 4.44. The van der Waals surface area contributed by atoms with Crippen LogP contribution in [0.1, 0.15) is 15.9 Å². The van der Waals surface area contributed by atoms with Crippen LogP contribution in [0.5, 0.6) is 0 Å². The summed E-state index contributed by atoms with van der Waals surface area (Å²) in [6, 6.07) is 8.71. The van der Waals surface area contributed by atoms with Gasteiger partial charge >= 0.3 is 0 Å². The number of benzene rings is 2. The fraction of sp³-hybridized carbons (Fsp3) is 0. The van der Waals surface area contributed by atoms with Gasteiger partial charge in [0.15, 0.2) is 0 Å². The van der Waals surface area contributed by atoms with Crippen LogP contribution in [-0.2, 0) is 0 Å². The summed E-state index contributed by atoms with van der Waals surface area (Å²) in [7, 11) is 0. The van der Waals surface area contributed by atoms with Gasteiger partial charge in [0.1, 0.15) is 11.6 Å². The third kappa shape index (κ3) is 2.04. The summed E-state index contributed by atoms with van der Waals surface area (Å²) in [5.41, 5.74) is 0.437. The summed E-state index contributed by atoms with van der Waals surface area (Å²) in [5.74, 6) is -2.40. The van der Waals surface area contributed by atoms with Crippen LogP contribution >= 0.6 is 15.9 Å². The Kier molecular flexibility index (Phi) is 3.14. The molecular weight excluding hydrogens is 328 g/mol. The molecule has 0 aliphatic rings. The predicted molar refractivity (Wildman–Crippen MR) is 75.8 cm³/mol. The average molecular weight is 336 g/mol. The van der Waals surface area contributed by atoms with E-state index in [1.54, 1.807) is 12.1 Å². The number of ketones is 1. The van der Waals surface area contributed by atoms with Crippen molar-refractivity contribution >= 4 is 32.6 Å². The highest BCUT2D eigenvalue weighted by Crippen LogP contribution is 2.26. The van der Waals surface area contributed by atoms with E-state index < -0.39 is 23.0 Å². The number of carbonyl (C=O) groups is 1. The number of H-pyrrole nitrogens is 1. The third-order valence-electron chi connectivity index (χ3n) is 3.08. The molecule has 1 aromatic heterocycles. The maximum Gasteiger partial charge on any atom is 0.201 e. The minimum atomic E-state index is -0.862. The quantitative estimate of drug-likeness (QED) is 0.690. The lowest BCUT2D eigenvalue weighted by molar-refractivity contribution is 0.103. The number of aromatic nitrogens is 1. The number of aromatic amines is 1. The van der Waals surface area contributed by atoms with Crippen LogP contribution in [0.25, 0.3) is 10.9 Å². The summed E-state index contributed by atoms with van der Waals surface area (Å²) < 4.78 is 28.2. The van der Waals surface area contributed by atoms with Crippen LogP contribution in [0.4, 0.5) is 8.78 Å². The number of carbonyl (C=O) groups excluding carboxylic acids is 1. The van der Waals surface area contributed by atoms with Crippen LogP contribution in [0, 0.1) is 11.6 Å². The largest absolute Gasteiger partial charge is 0.360 e. The van der Waals surface area contributed by atoms with Gasteiger partial charge in [0.2, 0.25) is 5.78 Å². The smallest absolute Gasteiger partial charge is 0.201 e. The molecule has 0 saturated heterocycles. The lowest BCUT2D eigenvalue weighted by Crippen LogP contribution is -2.06. The van der Waals surface area contributed by atoms with E-state index in [4.69, 9.17) is 0 Å². The number of hydrogen-bond acceptors (Lipinski definition) is 1. The fourth-order valence-corrected chi connectivity index (χ4v) is 2.49. The Labute approximate surface area is 121 Å². The Morgan fingerprint density at radius 1 is 1.10 bits per heavy atom. The van der Waals surface area contributed by atoms with Gasteiger partial charge in [-0.3, -0.25) is 4.79 Å². The topological polar surface area (TPSA) is 32.9 Å². The molecule has 0 atom stereocenters. The van der Waals surface area contributed by atoms with Gasteiger partial charge in [-0.15, -0.1) is 0 Å². The van der Waals surface area contributed by atoms with Crippen molar-refractivity contribution in [3.05, 3.63) is 69.8 Å².